The normalized spacial score (nSPS) is 17.0. The Labute approximate surface area is 246 Å². The molecule has 0 aliphatic heterocycles. The molecule has 202 valence electrons. The van der Waals surface area contributed by atoms with Crippen LogP contribution in [0.5, 0.6) is 0 Å². The standard InChI is InChI=1S/C17H21N2.C13H26.3CH3.Zr/c1-12(2)14-8-7-9-15(13(3)4)17(14)19-16-10-5-6-11-18-16;1-12(2,3)10-7-8-11(9-10)13(4,5)6;;;;/h5-13H,1-4H3;10-11H,7-9H2,1-6H3;3*1H3;/q-1;;3*-1;+4. The molecule has 1 saturated carbocycles. The molecule has 36 heavy (non-hydrogen) atoms. The van der Waals surface area contributed by atoms with E-state index in [4.69, 9.17) is 5.32 Å². The third kappa shape index (κ3) is 11.6. The van der Waals surface area contributed by atoms with Crippen molar-refractivity contribution in [3.05, 3.63) is 81.3 Å². The first kappa shape index (κ1) is 39.6. The SMILES string of the molecule is CC(C)(C)C1CCC(C(C)(C)C)C1.CC(C)c1cccc(C(C)C)c1[N-]c1ccccn1.[CH3-].[CH3-].[CH3-].[Zr+4]. The van der Waals surface area contributed by atoms with E-state index < -0.39 is 0 Å². The molecule has 0 bridgehead atoms. The molecule has 0 N–H and O–H groups in total. The minimum atomic E-state index is 0. The van der Waals surface area contributed by atoms with Crippen molar-refractivity contribution in [1.82, 2.24) is 4.98 Å². The third-order valence-corrected chi connectivity index (χ3v) is 7.10. The van der Waals surface area contributed by atoms with Crippen LogP contribution in [0.2, 0.25) is 0 Å². The number of pyridine rings is 1. The molecule has 2 aromatic rings. The molecule has 1 heterocycles. The second-order valence-corrected chi connectivity index (χ2v) is 12.3. The van der Waals surface area contributed by atoms with Crippen LogP contribution < -0.4 is 0 Å². The third-order valence-electron chi connectivity index (χ3n) is 7.10. The quantitative estimate of drug-likeness (QED) is 0.335. The molecule has 0 spiro atoms. The average molecular weight is 572 g/mol. The Bertz CT molecular complexity index is 783. The zero-order valence-electron chi connectivity index (χ0n) is 25.9. The van der Waals surface area contributed by atoms with Gasteiger partial charge in [-0.15, -0.1) is 0 Å². The van der Waals surface area contributed by atoms with Crippen molar-refractivity contribution in [2.75, 3.05) is 0 Å². The van der Waals surface area contributed by atoms with E-state index in [2.05, 4.69) is 92.4 Å². The maximum atomic E-state index is 4.77. The maximum absolute atomic E-state index is 4.77. The second-order valence-electron chi connectivity index (χ2n) is 12.3. The molecule has 0 saturated heterocycles. The van der Waals surface area contributed by atoms with Gasteiger partial charge < -0.3 is 32.6 Å². The number of nitrogens with zero attached hydrogens (tertiary/aromatic N) is 2. The molecule has 2 atom stereocenters. The van der Waals surface area contributed by atoms with Gasteiger partial charge in [-0.3, -0.25) is 0 Å². The summed E-state index contributed by atoms with van der Waals surface area (Å²) in [5, 5.41) is 4.77. The Morgan fingerprint density at radius 3 is 1.47 bits per heavy atom. The van der Waals surface area contributed by atoms with Gasteiger partial charge in [0.15, 0.2) is 0 Å². The van der Waals surface area contributed by atoms with Crippen molar-refractivity contribution in [1.29, 1.82) is 0 Å². The van der Waals surface area contributed by atoms with Crippen LogP contribution in [0, 0.1) is 44.9 Å². The van der Waals surface area contributed by atoms with Gasteiger partial charge in [-0.25, -0.2) is 0 Å². The van der Waals surface area contributed by atoms with Crippen LogP contribution in [-0.4, -0.2) is 4.98 Å². The number of aromatic nitrogens is 1. The van der Waals surface area contributed by atoms with Crippen molar-refractivity contribution in [3.63, 3.8) is 0 Å². The summed E-state index contributed by atoms with van der Waals surface area (Å²) < 4.78 is 0. The van der Waals surface area contributed by atoms with Crippen LogP contribution in [0.1, 0.15) is 111 Å². The number of rotatable bonds is 4. The van der Waals surface area contributed by atoms with E-state index in [0.29, 0.717) is 22.7 Å². The molecule has 1 fully saturated rings. The molecule has 0 amide bonds. The Morgan fingerprint density at radius 1 is 0.722 bits per heavy atom. The van der Waals surface area contributed by atoms with E-state index in [-0.39, 0.29) is 48.5 Å². The summed E-state index contributed by atoms with van der Waals surface area (Å²) in [6.07, 6.45) is 6.13. The smallest absolute Gasteiger partial charge is 0.443 e. The van der Waals surface area contributed by atoms with E-state index in [0.717, 1.165) is 23.3 Å². The molecular formula is C33H56N2Zr. The fraction of sp³-hybridized carbons (Fsp3) is 0.576. The van der Waals surface area contributed by atoms with Gasteiger partial charge >= 0.3 is 26.2 Å². The zero-order valence-corrected chi connectivity index (χ0v) is 28.3. The van der Waals surface area contributed by atoms with Gasteiger partial charge in [0, 0.05) is 0 Å². The monoisotopic (exact) mass is 570 g/mol. The van der Waals surface area contributed by atoms with E-state index >= 15 is 0 Å². The van der Waals surface area contributed by atoms with E-state index in [1.165, 1.54) is 30.4 Å². The summed E-state index contributed by atoms with van der Waals surface area (Å²) in [7, 11) is 0. The first-order valence-corrected chi connectivity index (χ1v) is 12.6. The molecule has 1 aromatic heterocycles. The van der Waals surface area contributed by atoms with Gasteiger partial charge in [0.2, 0.25) is 0 Å². The maximum Gasteiger partial charge on any atom is 4.00 e. The van der Waals surface area contributed by atoms with E-state index in [1.54, 1.807) is 6.20 Å². The largest absolute Gasteiger partial charge is 4.00 e. The van der Waals surface area contributed by atoms with Crippen LogP contribution in [0.4, 0.5) is 11.5 Å². The summed E-state index contributed by atoms with van der Waals surface area (Å²) in [6.45, 7) is 23.2. The summed E-state index contributed by atoms with van der Waals surface area (Å²) in [6, 6.07) is 12.3. The van der Waals surface area contributed by atoms with Gasteiger partial charge in [0.05, 0.1) is 0 Å². The first-order valence-electron chi connectivity index (χ1n) is 12.6. The van der Waals surface area contributed by atoms with Crippen LogP contribution in [-0.2, 0) is 26.2 Å². The molecule has 1 aliphatic carbocycles. The van der Waals surface area contributed by atoms with Gasteiger partial charge in [-0.2, -0.15) is 0 Å². The van der Waals surface area contributed by atoms with Crippen LogP contribution in [0.3, 0.4) is 0 Å². The van der Waals surface area contributed by atoms with Crippen LogP contribution in [0.15, 0.2) is 42.6 Å². The Kier molecular flexibility index (Phi) is 18.5. The molecule has 3 heteroatoms. The predicted molar refractivity (Wildman–Crippen MR) is 161 cm³/mol. The topological polar surface area (TPSA) is 27.0 Å². The number of benzene rings is 1. The molecule has 3 rings (SSSR count). The Morgan fingerprint density at radius 2 is 1.17 bits per heavy atom. The predicted octanol–water partition coefficient (Wildman–Crippen LogP) is 11.5. The zero-order chi connectivity index (χ0) is 24.1. The molecule has 2 unspecified atom stereocenters. The van der Waals surface area contributed by atoms with Gasteiger partial charge in [-0.05, 0) is 70.6 Å². The number of para-hydroxylation sites is 1. The van der Waals surface area contributed by atoms with Gasteiger partial charge in [-0.1, -0.05) is 118 Å². The van der Waals surface area contributed by atoms with Gasteiger partial charge in [0.1, 0.15) is 0 Å². The summed E-state index contributed by atoms with van der Waals surface area (Å²) >= 11 is 0. The minimum Gasteiger partial charge on any atom is -0.443 e. The van der Waals surface area contributed by atoms with E-state index in [9.17, 15) is 0 Å². The summed E-state index contributed by atoms with van der Waals surface area (Å²) in [4.78, 5) is 4.31. The van der Waals surface area contributed by atoms with Crippen molar-refractivity contribution >= 4 is 11.5 Å². The fourth-order valence-electron chi connectivity index (χ4n) is 4.73. The molecule has 1 aromatic carbocycles. The van der Waals surface area contributed by atoms with Crippen molar-refractivity contribution in [3.8, 4) is 0 Å². The Hall–Kier alpha value is -0.947. The summed E-state index contributed by atoms with van der Waals surface area (Å²) in [5.74, 6) is 3.60. The van der Waals surface area contributed by atoms with Crippen molar-refractivity contribution in [2.45, 2.75) is 100 Å². The molecule has 0 radical (unpaired) electrons. The van der Waals surface area contributed by atoms with Crippen LogP contribution in [0.25, 0.3) is 5.32 Å². The Balaban J connectivity index is -0.000000575. The number of hydrogen-bond donors (Lipinski definition) is 0. The molecular weight excluding hydrogens is 516 g/mol. The summed E-state index contributed by atoms with van der Waals surface area (Å²) in [5.41, 5.74) is 4.72. The number of hydrogen-bond acceptors (Lipinski definition) is 1. The fourth-order valence-corrected chi connectivity index (χ4v) is 4.73. The van der Waals surface area contributed by atoms with Crippen molar-refractivity contribution < 1.29 is 26.2 Å². The minimum absolute atomic E-state index is 0. The van der Waals surface area contributed by atoms with Crippen molar-refractivity contribution in [2.24, 2.45) is 22.7 Å². The van der Waals surface area contributed by atoms with Crippen LogP contribution >= 0.6 is 0 Å². The first-order chi connectivity index (χ1) is 14.8. The van der Waals surface area contributed by atoms with E-state index in [1.807, 2.05) is 18.2 Å². The second kappa shape index (κ2) is 16.8. The molecule has 2 nitrogen and oxygen atoms in total. The average Bonchev–Trinajstić information content (AvgIpc) is 3.20. The van der Waals surface area contributed by atoms with Gasteiger partial charge in [0.25, 0.3) is 0 Å². The molecule has 1 aliphatic rings.